The molecule has 0 heterocycles. The van der Waals surface area contributed by atoms with Gasteiger partial charge in [-0.15, -0.1) is 0 Å². The van der Waals surface area contributed by atoms with Crippen LogP contribution in [-0.4, -0.2) is 54.9 Å². The van der Waals surface area contributed by atoms with Crippen molar-refractivity contribution >= 4 is 33.2 Å². The van der Waals surface area contributed by atoms with Gasteiger partial charge in [-0.1, -0.05) is 49.7 Å². The highest BCUT2D eigenvalue weighted by Crippen LogP contribution is 2.24. The van der Waals surface area contributed by atoms with Crippen LogP contribution >= 0.6 is 0 Å². The smallest absolute Gasteiger partial charge is 0.271 e. The van der Waals surface area contributed by atoms with E-state index in [1.54, 1.807) is 6.92 Å². The molecular formula is C25H34N4O6S. The lowest BCUT2D eigenvalue weighted by molar-refractivity contribution is -0.384. The number of nitrogens with one attached hydrogen (secondary N) is 1. The van der Waals surface area contributed by atoms with E-state index in [2.05, 4.69) is 5.32 Å². The lowest BCUT2D eigenvalue weighted by Crippen LogP contribution is -2.53. The average Bonchev–Trinajstić information content (AvgIpc) is 2.81. The molecule has 36 heavy (non-hydrogen) atoms. The summed E-state index contributed by atoms with van der Waals surface area (Å²) in [6.07, 6.45) is 1.95. The van der Waals surface area contributed by atoms with Crippen molar-refractivity contribution in [2.24, 2.45) is 0 Å². The molecule has 1 N–H and O–H groups in total. The molecule has 0 saturated heterocycles. The highest BCUT2D eigenvalue weighted by Gasteiger charge is 2.32. The third kappa shape index (κ3) is 7.77. The molecule has 0 aliphatic heterocycles. The molecule has 11 heteroatoms. The second-order valence-corrected chi connectivity index (χ2v) is 10.7. The van der Waals surface area contributed by atoms with Crippen molar-refractivity contribution in [2.75, 3.05) is 17.1 Å². The number of aryl methyl sites for hydroxylation is 1. The van der Waals surface area contributed by atoms with Crippen LogP contribution in [0.25, 0.3) is 0 Å². The first-order chi connectivity index (χ1) is 16.9. The Kier molecular flexibility index (Phi) is 9.97. The van der Waals surface area contributed by atoms with Crippen LogP contribution in [0, 0.1) is 17.0 Å². The molecule has 0 unspecified atom stereocenters. The van der Waals surface area contributed by atoms with Crippen molar-refractivity contribution in [3.8, 4) is 0 Å². The van der Waals surface area contributed by atoms with Crippen LogP contribution < -0.4 is 9.62 Å². The molecule has 0 spiro atoms. The van der Waals surface area contributed by atoms with E-state index in [1.165, 1.54) is 23.1 Å². The van der Waals surface area contributed by atoms with Crippen LogP contribution in [0.4, 0.5) is 11.4 Å². The minimum absolute atomic E-state index is 0.00680. The zero-order chi connectivity index (χ0) is 27.0. The second-order valence-electron chi connectivity index (χ2n) is 8.80. The Hall–Kier alpha value is -3.47. The number of sulfonamides is 1. The number of amides is 2. The Balaban J connectivity index is 2.48. The average molecular weight is 519 g/mol. The Morgan fingerprint density at radius 2 is 1.75 bits per heavy atom. The Labute approximate surface area is 212 Å². The number of carbonyl (C=O) groups is 2. The second kappa shape index (κ2) is 12.5. The Morgan fingerprint density at radius 1 is 1.08 bits per heavy atom. The molecule has 196 valence electrons. The topological polar surface area (TPSA) is 130 Å². The standard InChI is InChI=1S/C25H34N4O6S/c1-6-19(4)26-25(31)23(7-2)27(16-20-11-8-10-18(3)14-20)24(30)17-28(36(5,34)35)21-12-9-13-22(15-21)29(32)33/h8-15,19,23H,6-7,16-17H2,1-5H3,(H,26,31)/t19-,23-/m0/s1. The molecule has 2 amide bonds. The maximum atomic E-state index is 13.6. The monoisotopic (exact) mass is 518 g/mol. The van der Waals surface area contributed by atoms with Gasteiger partial charge in [-0.25, -0.2) is 8.42 Å². The molecule has 0 fully saturated rings. The molecule has 0 aromatic heterocycles. The summed E-state index contributed by atoms with van der Waals surface area (Å²) in [4.78, 5) is 38.7. The first-order valence-electron chi connectivity index (χ1n) is 11.7. The Bertz CT molecular complexity index is 1200. The maximum absolute atomic E-state index is 13.6. The quantitative estimate of drug-likeness (QED) is 0.339. The van der Waals surface area contributed by atoms with E-state index in [4.69, 9.17) is 0 Å². The van der Waals surface area contributed by atoms with E-state index < -0.39 is 33.4 Å². The molecule has 2 rings (SSSR count). The molecule has 2 atom stereocenters. The van der Waals surface area contributed by atoms with Gasteiger partial charge < -0.3 is 10.2 Å². The van der Waals surface area contributed by atoms with Gasteiger partial charge in [-0.3, -0.25) is 24.0 Å². The van der Waals surface area contributed by atoms with E-state index in [0.717, 1.165) is 27.8 Å². The summed E-state index contributed by atoms with van der Waals surface area (Å²) in [5.74, 6) is -0.923. The van der Waals surface area contributed by atoms with Crippen LogP contribution in [0.1, 0.15) is 44.7 Å². The molecular weight excluding hydrogens is 484 g/mol. The van der Waals surface area contributed by atoms with Gasteiger partial charge in [0.25, 0.3) is 5.69 Å². The van der Waals surface area contributed by atoms with Crippen LogP contribution in [0.15, 0.2) is 48.5 Å². The molecule has 0 bridgehead atoms. The summed E-state index contributed by atoms with van der Waals surface area (Å²) in [7, 11) is -3.98. The number of nitro groups is 1. The molecule has 0 saturated carbocycles. The molecule has 0 radical (unpaired) electrons. The van der Waals surface area contributed by atoms with Crippen LogP contribution in [0.5, 0.6) is 0 Å². The SMILES string of the molecule is CC[C@H](C)NC(=O)[C@H](CC)N(Cc1cccc(C)c1)C(=O)CN(c1cccc([N+](=O)[O-])c1)S(C)(=O)=O. The lowest BCUT2D eigenvalue weighted by atomic mass is 10.1. The number of carbonyl (C=O) groups excluding carboxylic acids is 2. The fraction of sp³-hybridized carbons (Fsp3) is 0.440. The highest BCUT2D eigenvalue weighted by atomic mass is 32.2. The van der Waals surface area contributed by atoms with Crippen molar-refractivity contribution in [1.82, 2.24) is 10.2 Å². The summed E-state index contributed by atoms with van der Waals surface area (Å²) < 4.78 is 26.1. The van der Waals surface area contributed by atoms with Gasteiger partial charge in [-0.05, 0) is 38.3 Å². The molecule has 0 aliphatic carbocycles. The third-order valence-electron chi connectivity index (χ3n) is 5.83. The number of hydrogen-bond acceptors (Lipinski definition) is 6. The minimum atomic E-state index is -3.98. The van der Waals surface area contributed by atoms with Crippen LogP contribution in [-0.2, 0) is 26.2 Å². The summed E-state index contributed by atoms with van der Waals surface area (Å²) in [5, 5.41) is 14.1. The zero-order valence-corrected chi connectivity index (χ0v) is 22.1. The number of rotatable bonds is 12. The number of hydrogen-bond donors (Lipinski definition) is 1. The van der Waals surface area contributed by atoms with Gasteiger partial charge in [0, 0.05) is 24.7 Å². The maximum Gasteiger partial charge on any atom is 0.271 e. The normalized spacial score (nSPS) is 12.9. The van der Waals surface area contributed by atoms with E-state index in [1.807, 2.05) is 45.0 Å². The van der Waals surface area contributed by atoms with Crippen molar-refractivity contribution in [3.05, 3.63) is 69.8 Å². The summed E-state index contributed by atoms with van der Waals surface area (Å²) in [6.45, 7) is 6.98. The molecule has 2 aromatic rings. The van der Waals surface area contributed by atoms with E-state index in [-0.39, 0.29) is 29.9 Å². The number of anilines is 1. The minimum Gasteiger partial charge on any atom is -0.352 e. The lowest BCUT2D eigenvalue weighted by Gasteiger charge is -2.33. The fourth-order valence-corrected chi connectivity index (χ4v) is 4.58. The van der Waals surface area contributed by atoms with E-state index in [0.29, 0.717) is 12.8 Å². The number of nitro benzene ring substituents is 1. The fourth-order valence-electron chi connectivity index (χ4n) is 3.74. The van der Waals surface area contributed by atoms with E-state index in [9.17, 15) is 28.1 Å². The van der Waals surface area contributed by atoms with Crippen LogP contribution in [0.2, 0.25) is 0 Å². The van der Waals surface area contributed by atoms with Crippen LogP contribution in [0.3, 0.4) is 0 Å². The van der Waals surface area contributed by atoms with Gasteiger partial charge in [0.2, 0.25) is 21.8 Å². The first-order valence-corrected chi connectivity index (χ1v) is 13.6. The molecule has 0 aliphatic rings. The van der Waals surface area contributed by atoms with Crippen molar-refractivity contribution in [2.45, 2.75) is 59.2 Å². The van der Waals surface area contributed by atoms with Crippen molar-refractivity contribution in [1.29, 1.82) is 0 Å². The number of non-ortho nitro benzene ring substituents is 1. The predicted octanol–water partition coefficient (Wildman–Crippen LogP) is 3.39. The number of benzene rings is 2. The predicted molar refractivity (Wildman–Crippen MR) is 139 cm³/mol. The van der Waals surface area contributed by atoms with Gasteiger partial charge in [-0.2, -0.15) is 0 Å². The van der Waals surface area contributed by atoms with E-state index >= 15 is 0 Å². The number of nitrogens with zero attached hydrogens (tertiary/aromatic N) is 3. The summed E-state index contributed by atoms with van der Waals surface area (Å²) >= 11 is 0. The molecule has 10 nitrogen and oxygen atoms in total. The Morgan fingerprint density at radius 3 is 2.31 bits per heavy atom. The largest absolute Gasteiger partial charge is 0.352 e. The third-order valence-corrected chi connectivity index (χ3v) is 6.97. The zero-order valence-electron chi connectivity index (χ0n) is 21.3. The first kappa shape index (κ1) is 28.8. The summed E-state index contributed by atoms with van der Waals surface area (Å²) in [5.41, 5.74) is 1.46. The van der Waals surface area contributed by atoms with Gasteiger partial charge in [0.15, 0.2) is 0 Å². The van der Waals surface area contributed by atoms with Crippen molar-refractivity contribution in [3.63, 3.8) is 0 Å². The van der Waals surface area contributed by atoms with Gasteiger partial charge in [0.05, 0.1) is 16.9 Å². The van der Waals surface area contributed by atoms with Gasteiger partial charge >= 0.3 is 0 Å². The summed E-state index contributed by atoms with van der Waals surface area (Å²) in [6, 6.07) is 11.6. The van der Waals surface area contributed by atoms with Crippen molar-refractivity contribution < 1.29 is 22.9 Å². The molecule has 2 aromatic carbocycles. The van der Waals surface area contributed by atoms with Gasteiger partial charge in [0.1, 0.15) is 12.6 Å². The highest BCUT2D eigenvalue weighted by molar-refractivity contribution is 7.92.